The van der Waals surface area contributed by atoms with Gasteiger partial charge in [-0.25, -0.2) is 0 Å². The highest BCUT2D eigenvalue weighted by Crippen LogP contribution is 2.26. The van der Waals surface area contributed by atoms with Crippen LogP contribution in [0.3, 0.4) is 0 Å². The molecule has 0 spiro atoms. The number of hydrogen-bond acceptors (Lipinski definition) is 8. The number of carbonyl (C=O) groups excluding carboxylic acids is 1. The molecular weight excluding hydrogens is 298 g/mol. The maximum absolute atomic E-state index is 11.4. The number of rotatable bonds is 9. The Kier molecular flexibility index (Phi) is 6.35. The number of carbonyl (C=O) groups is 1. The first-order chi connectivity index (χ1) is 10.4. The lowest BCUT2D eigenvalue weighted by molar-refractivity contribution is -0.385. The van der Waals surface area contributed by atoms with Crippen LogP contribution in [0.2, 0.25) is 0 Å². The summed E-state index contributed by atoms with van der Waals surface area (Å²) in [6.45, 7) is -1.25. The molecule has 1 aromatic rings. The summed E-state index contributed by atoms with van der Waals surface area (Å²) in [4.78, 5) is 32.0. The topological polar surface area (TPSA) is 154 Å². The molecule has 120 valence electrons. The molecule has 0 heterocycles. The number of nitrogens with zero attached hydrogens (tertiary/aromatic N) is 3. The van der Waals surface area contributed by atoms with Gasteiger partial charge in [0.15, 0.2) is 11.5 Å². The van der Waals surface area contributed by atoms with Crippen molar-refractivity contribution >= 4 is 11.5 Å². The molecule has 1 rings (SSSR count). The van der Waals surface area contributed by atoms with Crippen molar-refractivity contribution in [3.63, 3.8) is 0 Å². The zero-order valence-electron chi connectivity index (χ0n) is 11.5. The molecule has 0 aliphatic carbocycles. The highest BCUT2D eigenvalue weighted by Gasteiger charge is 2.18. The average Bonchev–Trinajstić information content (AvgIpc) is 2.51. The van der Waals surface area contributed by atoms with Gasteiger partial charge in [-0.05, 0) is 18.1 Å². The first-order valence-electron chi connectivity index (χ1n) is 6.25. The van der Waals surface area contributed by atoms with Gasteiger partial charge in [0, 0.05) is 12.6 Å². The highest BCUT2D eigenvalue weighted by molar-refractivity contribution is 5.84. The summed E-state index contributed by atoms with van der Waals surface area (Å²) in [6, 6.07) is 3.76. The number of ketones is 1. The second-order valence-electron chi connectivity index (χ2n) is 4.46. The van der Waals surface area contributed by atoms with Crippen molar-refractivity contribution in [2.75, 3.05) is 19.7 Å². The largest absolute Gasteiger partial charge is 0.502 e. The van der Waals surface area contributed by atoms with E-state index in [0.29, 0.717) is 5.56 Å². The van der Waals surface area contributed by atoms with Crippen LogP contribution in [0.1, 0.15) is 5.56 Å². The second kappa shape index (κ2) is 8.00. The zero-order chi connectivity index (χ0) is 16.7. The van der Waals surface area contributed by atoms with Crippen LogP contribution in [0.15, 0.2) is 23.5 Å². The Morgan fingerprint density at radius 2 is 2.14 bits per heavy atom. The predicted molar refractivity (Wildman–Crippen MR) is 73.9 cm³/mol. The van der Waals surface area contributed by atoms with Crippen molar-refractivity contribution in [3.8, 4) is 5.75 Å². The molecule has 10 nitrogen and oxygen atoms in total. The van der Waals surface area contributed by atoms with E-state index in [-0.39, 0.29) is 13.0 Å². The molecule has 1 aromatic carbocycles. The molecule has 0 saturated heterocycles. The third-order valence-electron chi connectivity index (χ3n) is 2.89. The summed E-state index contributed by atoms with van der Waals surface area (Å²) >= 11 is 0. The maximum Gasteiger partial charge on any atom is 0.310 e. The van der Waals surface area contributed by atoms with Gasteiger partial charge in [-0.15, -0.1) is 4.91 Å². The Balaban J connectivity index is 2.67. The monoisotopic (exact) mass is 313 g/mol. The van der Waals surface area contributed by atoms with Gasteiger partial charge in [-0.1, -0.05) is 6.07 Å². The molecule has 0 radical (unpaired) electrons. The molecule has 0 aromatic heterocycles. The van der Waals surface area contributed by atoms with Gasteiger partial charge in [-0.3, -0.25) is 19.9 Å². The zero-order valence-corrected chi connectivity index (χ0v) is 11.5. The molecule has 1 atom stereocenters. The predicted octanol–water partition coefficient (Wildman–Crippen LogP) is -0.251. The van der Waals surface area contributed by atoms with Crippen molar-refractivity contribution in [1.82, 2.24) is 5.01 Å². The van der Waals surface area contributed by atoms with E-state index in [1.54, 1.807) is 0 Å². The van der Waals surface area contributed by atoms with Crippen LogP contribution < -0.4 is 0 Å². The van der Waals surface area contributed by atoms with E-state index in [1.807, 2.05) is 0 Å². The normalized spacial score (nSPS) is 11.7. The third-order valence-corrected chi connectivity index (χ3v) is 2.89. The Morgan fingerprint density at radius 1 is 1.45 bits per heavy atom. The van der Waals surface area contributed by atoms with E-state index in [9.17, 15) is 24.9 Å². The number of nitro groups is 1. The summed E-state index contributed by atoms with van der Waals surface area (Å²) in [7, 11) is 0. The number of aliphatic hydroxyl groups excluding tert-OH is 2. The number of aliphatic hydroxyl groups is 2. The smallest absolute Gasteiger partial charge is 0.310 e. The average molecular weight is 313 g/mol. The fourth-order valence-electron chi connectivity index (χ4n) is 1.66. The van der Waals surface area contributed by atoms with Gasteiger partial charge in [0.25, 0.3) is 0 Å². The molecule has 0 fully saturated rings. The number of Topliss-reactive ketones (excluding diaryl/α,β-unsaturated/α-hetero) is 1. The van der Waals surface area contributed by atoms with Crippen LogP contribution in [0.25, 0.3) is 0 Å². The van der Waals surface area contributed by atoms with Crippen LogP contribution in [0.4, 0.5) is 5.69 Å². The lowest BCUT2D eigenvalue weighted by Crippen LogP contribution is -2.35. The summed E-state index contributed by atoms with van der Waals surface area (Å²) in [5, 5.41) is 41.2. The molecule has 10 heteroatoms. The van der Waals surface area contributed by atoms with E-state index in [4.69, 9.17) is 10.2 Å². The van der Waals surface area contributed by atoms with Crippen molar-refractivity contribution < 1.29 is 25.0 Å². The van der Waals surface area contributed by atoms with Gasteiger partial charge in [0.05, 0.1) is 16.8 Å². The van der Waals surface area contributed by atoms with Crippen LogP contribution in [0, 0.1) is 15.0 Å². The van der Waals surface area contributed by atoms with Crippen molar-refractivity contribution in [3.05, 3.63) is 38.8 Å². The summed E-state index contributed by atoms with van der Waals surface area (Å²) in [5.74, 6) is -1.24. The van der Waals surface area contributed by atoms with Gasteiger partial charge in [0.1, 0.15) is 12.6 Å². The second-order valence-corrected chi connectivity index (χ2v) is 4.46. The standard InChI is InChI=1S/C12H15N3O7/c16-7-12(19)11(18)6-14(13-20)4-3-8-1-2-10(17)9(5-8)15(21)22/h1-2,5,12,16-17,19H,3-4,6-7H2. The van der Waals surface area contributed by atoms with Crippen molar-refractivity contribution in [2.45, 2.75) is 12.5 Å². The molecule has 0 saturated carbocycles. The Labute approximate surface area is 124 Å². The number of aromatic hydroxyl groups is 1. The fourth-order valence-corrected chi connectivity index (χ4v) is 1.66. The minimum absolute atomic E-state index is 0.0185. The lowest BCUT2D eigenvalue weighted by Gasteiger charge is -2.15. The Morgan fingerprint density at radius 3 is 2.68 bits per heavy atom. The van der Waals surface area contributed by atoms with E-state index >= 15 is 0 Å². The molecule has 22 heavy (non-hydrogen) atoms. The maximum atomic E-state index is 11.4. The highest BCUT2D eigenvalue weighted by atomic mass is 16.6. The van der Waals surface area contributed by atoms with E-state index < -0.39 is 41.4 Å². The first kappa shape index (κ1) is 17.5. The first-order valence-corrected chi connectivity index (χ1v) is 6.25. The Hall–Kier alpha value is -2.59. The minimum atomic E-state index is -1.58. The van der Waals surface area contributed by atoms with Crippen LogP contribution in [-0.4, -0.2) is 56.8 Å². The summed E-state index contributed by atoms with van der Waals surface area (Å²) < 4.78 is 0. The lowest BCUT2D eigenvalue weighted by atomic mass is 10.1. The third kappa shape index (κ3) is 4.75. The van der Waals surface area contributed by atoms with E-state index in [1.165, 1.54) is 6.07 Å². The molecule has 0 aliphatic rings. The van der Waals surface area contributed by atoms with Gasteiger partial charge >= 0.3 is 5.69 Å². The molecule has 3 N–H and O–H groups in total. The summed E-state index contributed by atoms with van der Waals surface area (Å²) in [5.41, 5.74) is 0.00296. The SMILES string of the molecule is O=NN(CCc1ccc(O)c([N+](=O)[O-])c1)CC(=O)C(O)CO. The molecule has 0 bridgehead atoms. The van der Waals surface area contributed by atoms with Gasteiger partial charge < -0.3 is 15.3 Å². The van der Waals surface area contributed by atoms with Crippen LogP contribution in [0.5, 0.6) is 5.75 Å². The molecular formula is C12H15N3O7. The summed E-state index contributed by atoms with van der Waals surface area (Å²) in [6.07, 6.45) is -1.42. The fraction of sp³-hybridized carbons (Fsp3) is 0.417. The molecule has 1 unspecified atom stereocenters. The van der Waals surface area contributed by atoms with E-state index in [0.717, 1.165) is 17.1 Å². The number of nitro benzene ring substituents is 1. The van der Waals surface area contributed by atoms with Gasteiger partial charge in [0.2, 0.25) is 0 Å². The van der Waals surface area contributed by atoms with Crippen molar-refractivity contribution in [2.24, 2.45) is 5.29 Å². The number of hydrogen-bond donors (Lipinski definition) is 3. The molecule has 0 amide bonds. The quantitative estimate of drug-likeness (QED) is 0.320. The molecule has 0 aliphatic heterocycles. The van der Waals surface area contributed by atoms with E-state index in [2.05, 4.69) is 5.29 Å². The van der Waals surface area contributed by atoms with Crippen LogP contribution >= 0.6 is 0 Å². The van der Waals surface area contributed by atoms with Crippen molar-refractivity contribution in [1.29, 1.82) is 0 Å². The number of phenolic OH excluding ortho intramolecular Hbond substituents is 1. The van der Waals surface area contributed by atoms with Gasteiger partial charge in [-0.2, -0.15) is 0 Å². The van der Waals surface area contributed by atoms with Crippen LogP contribution in [-0.2, 0) is 11.2 Å². The number of benzene rings is 1. The Bertz CT molecular complexity index is 564. The number of nitroso groups, excluding NO2 is 1. The minimum Gasteiger partial charge on any atom is -0.502 e. The number of phenols is 1.